The highest BCUT2D eigenvalue weighted by Gasteiger charge is 2.41. The first-order chi connectivity index (χ1) is 12.6. The molecule has 2 fully saturated rings. The van der Waals surface area contributed by atoms with E-state index in [-0.39, 0.29) is 29.3 Å². The van der Waals surface area contributed by atoms with Crippen LogP contribution < -0.4 is 11.1 Å². The highest BCUT2D eigenvalue weighted by atomic mass is 16.5. The van der Waals surface area contributed by atoms with E-state index in [0.717, 1.165) is 58.8 Å². The van der Waals surface area contributed by atoms with Gasteiger partial charge in [-0.2, -0.15) is 0 Å². The van der Waals surface area contributed by atoms with E-state index in [0.29, 0.717) is 0 Å². The van der Waals surface area contributed by atoms with Crippen LogP contribution in [-0.2, 0) is 14.3 Å². The molecule has 2 saturated heterocycles. The van der Waals surface area contributed by atoms with Gasteiger partial charge in [-0.25, -0.2) is 0 Å². The first kappa shape index (κ1) is 22.1. The second kappa shape index (κ2) is 8.88. The number of carbonyl (C=O) groups excluding carboxylic acids is 2. The fourth-order valence-corrected chi connectivity index (χ4v) is 4.31. The molecule has 3 N–H and O–H groups in total. The van der Waals surface area contributed by atoms with E-state index in [1.165, 1.54) is 0 Å². The molecule has 2 aliphatic rings. The number of nitrogens with two attached hydrogens (primary N) is 1. The van der Waals surface area contributed by atoms with Gasteiger partial charge in [-0.3, -0.25) is 19.4 Å². The lowest BCUT2D eigenvalue weighted by Gasteiger charge is -2.47. The molecule has 2 unspecified atom stereocenters. The molecule has 2 amide bonds. The lowest BCUT2D eigenvalue weighted by Crippen LogP contribution is -2.61. The molecule has 27 heavy (non-hydrogen) atoms. The molecule has 2 heterocycles. The van der Waals surface area contributed by atoms with Gasteiger partial charge in [0.2, 0.25) is 11.8 Å². The molecule has 0 saturated carbocycles. The summed E-state index contributed by atoms with van der Waals surface area (Å²) in [5.41, 5.74) is 4.99. The van der Waals surface area contributed by atoms with Crippen LogP contribution in [0.5, 0.6) is 0 Å². The van der Waals surface area contributed by atoms with Gasteiger partial charge in [0.15, 0.2) is 0 Å². The Morgan fingerprint density at radius 3 is 2.41 bits per heavy atom. The first-order valence-electron chi connectivity index (χ1n) is 10.2. The summed E-state index contributed by atoms with van der Waals surface area (Å²) in [6, 6.07) is -0.130. The van der Waals surface area contributed by atoms with Crippen molar-refractivity contribution in [1.29, 1.82) is 0 Å². The Hall–Kier alpha value is -1.18. The van der Waals surface area contributed by atoms with Crippen LogP contribution in [0.25, 0.3) is 0 Å². The van der Waals surface area contributed by atoms with Crippen molar-refractivity contribution >= 4 is 11.8 Å². The Bertz CT molecular complexity index is 529. The van der Waals surface area contributed by atoms with Gasteiger partial charge in [0, 0.05) is 38.8 Å². The molecule has 7 heteroatoms. The van der Waals surface area contributed by atoms with Crippen LogP contribution in [-0.4, -0.2) is 79.6 Å². The van der Waals surface area contributed by atoms with Crippen molar-refractivity contribution in [2.75, 3.05) is 45.9 Å². The second-order valence-corrected chi connectivity index (χ2v) is 9.37. The van der Waals surface area contributed by atoms with Crippen LogP contribution in [0.2, 0.25) is 0 Å². The van der Waals surface area contributed by atoms with Gasteiger partial charge >= 0.3 is 0 Å². The zero-order valence-corrected chi connectivity index (χ0v) is 17.7. The van der Waals surface area contributed by atoms with Crippen LogP contribution >= 0.6 is 0 Å². The molecule has 0 aromatic heterocycles. The molecular formula is C20H38N4O3. The Morgan fingerprint density at radius 1 is 1.26 bits per heavy atom. The molecule has 2 aliphatic heterocycles. The molecule has 0 radical (unpaired) electrons. The van der Waals surface area contributed by atoms with Gasteiger partial charge in [-0.1, -0.05) is 20.8 Å². The number of rotatable bonds is 7. The number of primary amides is 1. The molecule has 7 nitrogen and oxygen atoms in total. The highest BCUT2D eigenvalue weighted by Crippen LogP contribution is 2.32. The summed E-state index contributed by atoms with van der Waals surface area (Å²) >= 11 is 0. The van der Waals surface area contributed by atoms with Crippen LogP contribution in [0.15, 0.2) is 0 Å². The molecule has 0 aliphatic carbocycles. The van der Waals surface area contributed by atoms with E-state index >= 15 is 0 Å². The van der Waals surface area contributed by atoms with Crippen LogP contribution in [0, 0.1) is 10.8 Å². The van der Waals surface area contributed by atoms with E-state index in [9.17, 15) is 9.59 Å². The predicted molar refractivity (Wildman–Crippen MR) is 106 cm³/mol. The van der Waals surface area contributed by atoms with Crippen molar-refractivity contribution < 1.29 is 14.3 Å². The standard InChI is InChI=1S/C20H38N4O3/c1-6-15(17(21)25)24-8-7-16(19(2,3)14-24)22-18(26)20(4,5)13-23-9-11-27-12-10-23/h15-16H,6-14H2,1-5H3,(H2,21,25)(H,22,26). The summed E-state index contributed by atoms with van der Waals surface area (Å²) in [6.45, 7) is 15.8. The molecule has 0 bridgehead atoms. The van der Waals surface area contributed by atoms with Crippen LogP contribution in [0.1, 0.15) is 47.5 Å². The van der Waals surface area contributed by atoms with E-state index < -0.39 is 5.41 Å². The number of amides is 2. The Kier molecular flexibility index (Phi) is 7.27. The second-order valence-electron chi connectivity index (χ2n) is 9.37. The van der Waals surface area contributed by atoms with Crippen molar-refractivity contribution in [3.63, 3.8) is 0 Å². The molecule has 0 aromatic carbocycles. The fraction of sp³-hybridized carbons (Fsp3) is 0.900. The minimum atomic E-state index is -0.455. The van der Waals surface area contributed by atoms with Gasteiger partial charge in [0.1, 0.15) is 0 Å². The van der Waals surface area contributed by atoms with Gasteiger partial charge in [-0.15, -0.1) is 0 Å². The maximum absolute atomic E-state index is 13.0. The molecule has 156 valence electrons. The van der Waals surface area contributed by atoms with E-state index in [4.69, 9.17) is 10.5 Å². The summed E-state index contributed by atoms with van der Waals surface area (Å²) in [7, 11) is 0. The largest absolute Gasteiger partial charge is 0.379 e. The van der Waals surface area contributed by atoms with Crippen molar-refractivity contribution in [2.45, 2.75) is 59.5 Å². The molecule has 0 aromatic rings. The quantitative estimate of drug-likeness (QED) is 0.681. The first-order valence-corrected chi connectivity index (χ1v) is 10.2. The van der Waals surface area contributed by atoms with Gasteiger partial charge in [0.05, 0.1) is 24.7 Å². The molecule has 2 atom stereocenters. The van der Waals surface area contributed by atoms with Crippen molar-refractivity contribution in [1.82, 2.24) is 15.1 Å². The third-order valence-corrected chi connectivity index (χ3v) is 6.06. The zero-order valence-electron chi connectivity index (χ0n) is 17.7. The molecular weight excluding hydrogens is 344 g/mol. The van der Waals surface area contributed by atoms with Crippen LogP contribution in [0.4, 0.5) is 0 Å². The van der Waals surface area contributed by atoms with E-state index in [1.807, 2.05) is 20.8 Å². The monoisotopic (exact) mass is 382 g/mol. The smallest absolute Gasteiger partial charge is 0.234 e. The van der Waals surface area contributed by atoms with Crippen molar-refractivity contribution in [3.8, 4) is 0 Å². The number of hydrogen-bond acceptors (Lipinski definition) is 5. The zero-order chi connectivity index (χ0) is 20.2. The van der Waals surface area contributed by atoms with E-state index in [2.05, 4.69) is 29.0 Å². The van der Waals surface area contributed by atoms with E-state index in [1.54, 1.807) is 0 Å². The van der Waals surface area contributed by atoms with Gasteiger partial charge in [-0.05, 0) is 32.1 Å². The van der Waals surface area contributed by atoms with Gasteiger partial charge in [0.25, 0.3) is 0 Å². The summed E-state index contributed by atoms with van der Waals surface area (Å²) in [5, 5.41) is 3.31. The number of piperidine rings is 1. The average Bonchev–Trinajstić information content (AvgIpc) is 2.57. The summed E-state index contributed by atoms with van der Waals surface area (Å²) in [5.74, 6) is -0.162. The lowest BCUT2D eigenvalue weighted by atomic mass is 9.77. The number of hydrogen-bond donors (Lipinski definition) is 2. The lowest BCUT2D eigenvalue weighted by molar-refractivity contribution is -0.134. The summed E-state index contributed by atoms with van der Waals surface area (Å²) in [4.78, 5) is 29.2. The predicted octanol–water partition coefficient (Wildman–Crippen LogP) is 0.825. The third-order valence-electron chi connectivity index (χ3n) is 6.06. The number of morpholine rings is 1. The Labute approximate surface area is 164 Å². The fourth-order valence-electron chi connectivity index (χ4n) is 4.31. The third kappa shape index (κ3) is 5.65. The topological polar surface area (TPSA) is 87.9 Å². The maximum Gasteiger partial charge on any atom is 0.234 e. The number of likely N-dealkylation sites (tertiary alicyclic amines) is 1. The number of carbonyl (C=O) groups is 2. The van der Waals surface area contributed by atoms with Crippen LogP contribution in [0.3, 0.4) is 0 Å². The SMILES string of the molecule is CCC(C(N)=O)N1CCC(NC(=O)C(C)(C)CN2CCOCC2)C(C)(C)C1. The van der Waals surface area contributed by atoms with Gasteiger partial charge < -0.3 is 15.8 Å². The maximum atomic E-state index is 13.0. The number of ether oxygens (including phenoxy) is 1. The normalized spacial score (nSPS) is 25.7. The average molecular weight is 383 g/mol. The summed E-state index contributed by atoms with van der Waals surface area (Å²) in [6.07, 6.45) is 1.55. The summed E-state index contributed by atoms with van der Waals surface area (Å²) < 4.78 is 5.40. The minimum absolute atomic E-state index is 0.0931. The number of nitrogens with zero attached hydrogens (tertiary/aromatic N) is 2. The van der Waals surface area contributed by atoms with Crippen molar-refractivity contribution in [2.24, 2.45) is 16.6 Å². The Balaban J connectivity index is 1.95. The number of nitrogens with one attached hydrogen (secondary N) is 1. The molecule has 2 rings (SSSR count). The Morgan fingerprint density at radius 2 is 1.89 bits per heavy atom. The highest BCUT2D eigenvalue weighted by molar-refractivity contribution is 5.82. The van der Waals surface area contributed by atoms with Crippen molar-refractivity contribution in [3.05, 3.63) is 0 Å². The minimum Gasteiger partial charge on any atom is -0.379 e. The molecule has 0 spiro atoms.